The lowest BCUT2D eigenvalue weighted by Gasteiger charge is -2.02. The Kier molecular flexibility index (Phi) is 7.15. The van der Waals surface area contributed by atoms with Crippen molar-refractivity contribution in [1.82, 2.24) is 5.48 Å². The van der Waals surface area contributed by atoms with Gasteiger partial charge >= 0.3 is 5.97 Å². The third-order valence-corrected chi connectivity index (χ3v) is 1.27. The highest BCUT2D eigenvalue weighted by molar-refractivity contribution is 5.68. The number of carbonyl (C=O) groups excluding carboxylic acids is 1. The minimum absolute atomic E-state index is 0.163. The number of carbonyl (C=O) groups is 1. The van der Waals surface area contributed by atoms with Gasteiger partial charge in [-0.2, -0.15) is 5.48 Å². The summed E-state index contributed by atoms with van der Waals surface area (Å²) < 4.78 is 0. The van der Waals surface area contributed by atoms with E-state index in [1.54, 1.807) is 0 Å². The van der Waals surface area contributed by atoms with E-state index in [4.69, 9.17) is 4.84 Å². The predicted octanol–water partition coefficient (Wildman–Crippen LogP) is 1.63. The van der Waals surface area contributed by atoms with Gasteiger partial charge in [-0.05, 0) is 12.8 Å². The lowest BCUT2D eigenvalue weighted by molar-refractivity contribution is -0.151. The first-order chi connectivity index (χ1) is 5.31. The molecule has 0 fully saturated rings. The van der Waals surface area contributed by atoms with Gasteiger partial charge < -0.3 is 4.84 Å². The second kappa shape index (κ2) is 7.54. The van der Waals surface area contributed by atoms with Gasteiger partial charge in [-0.25, -0.2) is 0 Å². The van der Waals surface area contributed by atoms with Crippen molar-refractivity contribution in [3.8, 4) is 0 Å². The molecule has 66 valence electrons. The van der Waals surface area contributed by atoms with Gasteiger partial charge in [-0.3, -0.25) is 4.79 Å². The molecule has 3 nitrogen and oxygen atoms in total. The molecule has 0 bridgehead atoms. The Bertz CT molecular complexity index is 104. The summed E-state index contributed by atoms with van der Waals surface area (Å²) in [4.78, 5) is 15.4. The van der Waals surface area contributed by atoms with Crippen LogP contribution >= 0.6 is 0 Å². The molecule has 0 saturated carbocycles. The lowest BCUT2D eigenvalue weighted by atomic mass is 10.3. The number of hydrogen-bond acceptors (Lipinski definition) is 3. The van der Waals surface area contributed by atoms with Crippen LogP contribution in [0.1, 0.15) is 39.5 Å². The highest BCUT2D eigenvalue weighted by atomic mass is 16.7. The highest BCUT2D eigenvalue weighted by Gasteiger charge is 1.98. The summed E-state index contributed by atoms with van der Waals surface area (Å²) in [7, 11) is 0. The van der Waals surface area contributed by atoms with E-state index >= 15 is 0 Å². The van der Waals surface area contributed by atoms with Gasteiger partial charge in [0.1, 0.15) is 0 Å². The number of rotatable bonds is 6. The fourth-order valence-corrected chi connectivity index (χ4v) is 0.636. The zero-order valence-corrected chi connectivity index (χ0v) is 7.35. The third kappa shape index (κ3) is 7.33. The molecule has 0 aromatic heterocycles. The number of unbranched alkanes of at least 4 members (excludes halogenated alkanes) is 1. The molecule has 0 aliphatic carbocycles. The molecule has 0 atom stereocenters. The molecule has 1 N–H and O–H groups in total. The second-order valence-corrected chi connectivity index (χ2v) is 2.47. The van der Waals surface area contributed by atoms with Gasteiger partial charge in [-0.1, -0.05) is 20.3 Å². The highest BCUT2D eigenvalue weighted by Crippen LogP contribution is 1.89. The van der Waals surface area contributed by atoms with E-state index in [1.807, 2.05) is 6.92 Å². The van der Waals surface area contributed by atoms with E-state index < -0.39 is 0 Å². The van der Waals surface area contributed by atoms with E-state index in [1.165, 1.54) is 0 Å². The molecule has 3 heteroatoms. The van der Waals surface area contributed by atoms with Gasteiger partial charge in [0.15, 0.2) is 0 Å². The predicted molar refractivity (Wildman–Crippen MR) is 43.9 cm³/mol. The van der Waals surface area contributed by atoms with Crippen LogP contribution in [0, 0.1) is 0 Å². The van der Waals surface area contributed by atoms with Crippen molar-refractivity contribution < 1.29 is 9.63 Å². The molecule has 0 spiro atoms. The fraction of sp³-hybridized carbons (Fsp3) is 0.875. The number of nitrogens with one attached hydrogen (secondary N) is 1. The number of hydroxylamine groups is 1. The van der Waals surface area contributed by atoms with E-state index in [0.29, 0.717) is 6.42 Å². The Morgan fingerprint density at radius 1 is 1.36 bits per heavy atom. The first kappa shape index (κ1) is 10.4. The first-order valence-electron chi connectivity index (χ1n) is 4.23. The molecular formula is C8H17NO2. The standard InChI is InChI=1S/C8H17NO2/c1-3-5-7-9-11-8(10)6-4-2/h9H,3-7H2,1-2H3. The molecule has 0 aromatic rings. The van der Waals surface area contributed by atoms with Crippen LogP contribution in [-0.2, 0) is 9.63 Å². The van der Waals surface area contributed by atoms with Gasteiger partial charge in [0, 0.05) is 13.0 Å². The SMILES string of the molecule is CCCCNOC(=O)CCC. The molecule has 0 saturated heterocycles. The molecule has 0 rings (SSSR count). The van der Waals surface area contributed by atoms with E-state index in [9.17, 15) is 4.79 Å². The summed E-state index contributed by atoms with van der Waals surface area (Å²) in [6.45, 7) is 4.80. The van der Waals surface area contributed by atoms with Crippen molar-refractivity contribution in [2.24, 2.45) is 0 Å². The van der Waals surface area contributed by atoms with Gasteiger partial charge in [0.2, 0.25) is 0 Å². The molecule has 0 amide bonds. The lowest BCUT2D eigenvalue weighted by Crippen LogP contribution is -2.20. The Labute approximate surface area is 68.1 Å². The Balaban J connectivity index is 3.04. The van der Waals surface area contributed by atoms with Crippen molar-refractivity contribution in [2.75, 3.05) is 6.54 Å². The summed E-state index contributed by atoms with van der Waals surface area (Å²) in [5.41, 5.74) is 2.62. The van der Waals surface area contributed by atoms with Crippen molar-refractivity contribution in [3.05, 3.63) is 0 Å². The van der Waals surface area contributed by atoms with Crippen molar-refractivity contribution >= 4 is 5.97 Å². The minimum atomic E-state index is -0.163. The maximum absolute atomic E-state index is 10.7. The largest absolute Gasteiger partial charge is 0.371 e. The van der Waals surface area contributed by atoms with Crippen LogP contribution in [0.5, 0.6) is 0 Å². The monoisotopic (exact) mass is 159 g/mol. The van der Waals surface area contributed by atoms with E-state index in [2.05, 4.69) is 12.4 Å². The maximum atomic E-state index is 10.7. The van der Waals surface area contributed by atoms with Gasteiger partial charge in [0.05, 0.1) is 0 Å². The normalized spacial score (nSPS) is 9.64. The van der Waals surface area contributed by atoms with Crippen LogP contribution in [0.15, 0.2) is 0 Å². The third-order valence-electron chi connectivity index (χ3n) is 1.27. The maximum Gasteiger partial charge on any atom is 0.324 e. The molecule has 11 heavy (non-hydrogen) atoms. The smallest absolute Gasteiger partial charge is 0.324 e. The fourth-order valence-electron chi connectivity index (χ4n) is 0.636. The van der Waals surface area contributed by atoms with Crippen molar-refractivity contribution in [1.29, 1.82) is 0 Å². The minimum Gasteiger partial charge on any atom is -0.371 e. The average Bonchev–Trinajstić information content (AvgIpc) is 1.99. The molecule has 0 unspecified atom stereocenters. The summed E-state index contributed by atoms with van der Waals surface area (Å²) in [5.74, 6) is -0.163. The Hall–Kier alpha value is -0.570. The van der Waals surface area contributed by atoms with Gasteiger partial charge in [-0.15, -0.1) is 0 Å². The summed E-state index contributed by atoms with van der Waals surface area (Å²) in [6, 6.07) is 0. The van der Waals surface area contributed by atoms with Crippen molar-refractivity contribution in [3.63, 3.8) is 0 Å². The molecule has 0 radical (unpaired) electrons. The van der Waals surface area contributed by atoms with Gasteiger partial charge in [0.25, 0.3) is 0 Å². The van der Waals surface area contributed by atoms with Crippen LogP contribution < -0.4 is 5.48 Å². The average molecular weight is 159 g/mol. The van der Waals surface area contributed by atoms with E-state index in [-0.39, 0.29) is 5.97 Å². The molecule has 0 aliphatic rings. The zero-order valence-electron chi connectivity index (χ0n) is 7.35. The summed E-state index contributed by atoms with van der Waals surface area (Å²) >= 11 is 0. The van der Waals surface area contributed by atoms with Crippen LogP contribution in [0.25, 0.3) is 0 Å². The summed E-state index contributed by atoms with van der Waals surface area (Å²) in [6.07, 6.45) is 3.49. The molecule has 0 aliphatic heterocycles. The topological polar surface area (TPSA) is 38.3 Å². The first-order valence-corrected chi connectivity index (χ1v) is 4.23. The molecule has 0 heterocycles. The van der Waals surface area contributed by atoms with Crippen LogP contribution in [0.3, 0.4) is 0 Å². The Morgan fingerprint density at radius 3 is 2.64 bits per heavy atom. The second-order valence-electron chi connectivity index (χ2n) is 2.47. The summed E-state index contributed by atoms with van der Waals surface area (Å²) in [5, 5.41) is 0. The molecule has 0 aromatic carbocycles. The Morgan fingerprint density at radius 2 is 2.09 bits per heavy atom. The molecular weight excluding hydrogens is 142 g/mol. The van der Waals surface area contributed by atoms with Crippen LogP contribution in [0.2, 0.25) is 0 Å². The quantitative estimate of drug-likeness (QED) is 0.473. The number of hydrogen-bond donors (Lipinski definition) is 1. The van der Waals surface area contributed by atoms with Crippen LogP contribution in [0.4, 0.5) is 0 Å². The van der Waals surface area contributed by atoms with E-state index in [0.717, 1.165) is 25.8 Å². The van der Waals surface area contributed by atoms with Crippen molar-refractivity contribution in [2.45, 2.75) is 39.5 Å². The van der Waals surface area contributed by atoms with Crippen LogP contribution in [-0.4, -0.2) is 12.5 Å². The zero-order chi connectivity index (χ0) is 8.53.